The molecule has 0 aliphatic carbocycles. The van der Waals surface area contributed by atoms with Gasteiger partial charge in [-0.25, -0.2) is 0 Å². The Morgan fingerprint density at radius 2 is 1.33 bits per heavy atom. The Morgan fingerprint density at radius 3 is 1.86 bits per heavy atom. The van der Waals surface area contributed by atoms with Crippen molar-refractivity contribution in [3.8, 4) is 0 Å². The molecule has 0 radical (unpaired) electrons. The number of benzene rings is 2. The van der Waals surface area contributed by atoms with Gasteiger partial charge in [-0.3, -0.25) is 4.79 Å². The first-order chi connectivity index (χ1) is 10.2. The fourth-order valence-electron chi connectivity index (χ4n) is 1.92. The second-order valence-corrected chi connectivity index (χ2v) is 4.87. The van der Waals surface area contributed by atoms with Gasteiger partial charge < -0.3 is 10.6 Å². The molecule has 0 unspecified atom stereocenters. The van der Waals surface area contributed by atoms with Crippen molar-refractivity contribution in [2.75, 3.05) is 0 Å². The lowest BCUT2D eigenvalue weighted by atomic mass is 10.2. The molecule has 0 atom stereocenters. The molecule has 0 spiro atoms. The number of carbonyl (C=O) groups excluding carboxylic acids is 1. The number of hydrogen-bond donors (Lipinski definition) is 2. The van der Waals surface area contributed by atoms with Crippen LogP contribution in [-0.2, 0) is 17.9 Å². The molecule has 0 saturated carbocycles. The highest BCUT2D eigenvalue weighted by Gasteiger charge is 1.99. The van der Waals surface area contributed by atoms with E-state index >= 15 is 0 Å². The number of amides is 1. The minimum Gasteiger partial charge on any atom is -0.384 e. The molecule has 2 rings (SSSR count). The molecule has 0 heterocycles. The minimum atomic E-state index is -0.0862. The average molecular weight is 280 g/mol. The smallest absolute Gasteiger partial charge is 0.245 e. The predicted octanol–water partition coefficient (Wildman–Crippen LogP) is 3.00. The Balaban J connectivity index is 1.77. The van der Waals surface area contributed by atoms with Gasteiger partial charge in [0.15, 0.2) is 0 Å². The Morgan fingerprint density at radius 1 is 0.857 bits per heavy atom. The number of rotatable bonds is 6. The summed E-state index contributed by atoms with van der Waals surface area (Å²) in [6.45, 7) is 3.16. The summed E-state index contributed by atoms with van der Waals surface area (Å²) in [7, 11) is 0. The molecule has 108 valence electrons. The summed E-state index contributed by atoms with van der Waals surface area (Å²) in [6, 6.07) is 20.0. The van der Waals surface area contributed by atoms with Crippen LogP contribution in [0.1, 0.15) is 18.1 Å². The van der Waals surface area contributed by atoms with E-state index in [2.05, 4.69) is 22.8 Å². The van der Waals surface area contributed by atoms with Gasteiger partial charge in [0.2, 0.25) is 5.91 Å². The summed E-state index contributed by atoms with van der Waals surface area (Å²) in [5.74, 6) is -0.0862. The Labute approximate surface area is 125 Å². The van der Waals surface area contributed by atoms with E-state index in [1.54, 1.807) is 6.08 Å². The highest BCUT2D eigenvalue weighted by atomic mass is 16.1. The van der Waals surface area contributed by atoms with E-state index in [0.717, 1.165) is 17.8 Å². The Bertz CT molecular complexity index is 591. The number of allylic oxidation sites excluding steroid dienone is 1. The fourth-order valence-corrected chi connectivity index (χ4v) is 1.92. The molecule has 0 aliphatic heterocycles. The first-order valence-corrected chi connectivity index (χ1v) is 7.02. The van der Waals surface area contributed by atoms with E-state index in [0.29, 0.717) is 6.54 Å². The standard InChI is InChI=1S/C18H20N2O/c1-15(19-13-16-8-4-2-5-9-16)12-18(21)20-14-17-10-6-3-7-11-17/h2-12,19H,13-14H2,1H3,(H,20,21). The molecule has 2 N–H and O–H groups in total. The number of carbonyl (C=O) groups is 1. The molecular formula is C18H20N2O. The molecule has 3 heteroatoms. The van der Waals surface area contributed by atoms with Gasteiger partial charge in [0.1, 0.15) is 0 Å². The van der Waals surface area contributed by atoms with Gasteiger partial charge in [-0.1, -0.05) is 60.7 Å². The number of nitrogens with one attached hydrogen (secondary N) is 2. The maximum Gasteiger partial charge on any atom is 0.245 e. The molecule has 0 fully saturated rings. The summed E-state index contributed by atoms with van der Waals surface area (Å²) in [4.78, 5) is 11.8. The number of hydrogen-bond acceptors (Lipinski definition) is 2. The van der Waals surface area contributed by atoms with E-state index < -0.39 is 0 Å². The molecule has 0 aromatic heterocycles. The predicted molar refractivity (Wildman–Crippen MR) is 85.3 cm³/mol. The van der Waals surface area contributed by atoms with Crippen LogP contribution < -0.4 is 10.6 Å². The van der Waals surface area contributed by atoms with E-state index in [1.807, 2.05) is 55.5 Å². The summed E-state index contributed by atoms with van der Waals surface area (Å²) in [5.41, 5.74) is 3.13. The molecule has 1 amide bonds. The van der Waals surface area contributed by atoms with Crippen molar-refractivity contribution >= 4 is 5.91 Å². The topological polar surface area (TPSA) is 41.1 Å². The monoisotopic (exact) mass is 280 g/mol. The average Bonchev–Trinajstić information content (AvgIpc) is 2.53. The van der Waals surface area contributed by atoms with Crippen molar-refractivity contribution in [1.82, 2.24) is 10.6 Å². The van der Waals surface area contributed by atoms with Gasteiger partial charge in [0, 0.05) is 24.9 Å². The summed E-state index contributed by atoms with van der Waals surface area (Å²) < 4.78 is 0. The van der Waals surface area contributed by atoms with Crippen LogP contribution in [0.15, 0.2) is 72.4 Å². The van der Waals surface area contributed by atoms with E-state index in [4.69, 9.17) is 0 Å². The molecule has 0 saturated heterocycles. The van der Waals surface area contributed by atoms with Gasteiger partial charge in [-0.2, -0.15) is 0 Å². The molecule has 3 nitrogen and oxygen atoms in total. The molecule has 2 aromatic carbocycles. The summed E-state index contributed by atoms with van der Waals surface area (Å²) >= 11 is 0. The van der Waals surface area contributed by atoms with Gasteiger partial charge in [-0.15, -0.1) is 0 Å². The van der Waals surface area contributed by atoms with Crippen LogP contribution in [0.25, 0.3) is 0 Å². The van der Waals surface area contributed by atoms with Crippen molar-refractivity contribution in [2.24, 2.45) is 0 Å². The molecule has 0 bridgehead atoms. The molecule has 2 aromatic rings. The lowest BCUT2D eigenvalue weighted by molar-refractivity contribution is -0.116. The van der Waals surface area contributed by atoms with Crippen molar-refractivity contribution in [1.29, 1.82) is 0 Å². The molecule has 0 aliphatic rings. The fraction of sp³-hybridized carbons (Fsp3) is 0.167. The highest BCUT2D eigenvalue weighted by Crippen LogP contribution is 2.00. The van der Waals surface area contributed by atoms with Crippen LogP contribution in [0.2, 0.25) is 0 Å². The van der Waals surface area contributed by atoms with Crippen LogP contribution in [0.4, 0.5) is 0 Å². The largest absolute Gasteiger partial charge is 0.384 e. The third-order valence-electron chi connectivity index (χ3n) is 3.07. The van der Waals surface area contributed by atoms with E-state index in [9.17, 15) is 4.79 Å². The molecule has 21 heavy (non-hydrogen) atoms. The highest BCUT2D eigenvalue weighted by molar-refractivity contribution is 5.87. The second-order valence-electron chi connectivity index (χ2n) is 4.87. The van der Waals surface area contributed by atoms with Crippen molar-refractivity contribution < 1.29 is 4.79 Å². The molecular weight excluding hydrogens is 260 g/mol. The van der Waals surface area contributed by atoms with Crippen molar-refractivity contribution in [3.05, 3.63) is 83.6 Å². The second kappa shape index (κ2) is 7.90. The van der Waals surface area contributed by atoms with Crippen molar-refractivity contribution in [3.63, 3.8) is 0 Å². The first kappa shape index (κ1) is 14.9. The first-order valence-electron chi connectivity index (χ1n) is 7.02. The van der Waals surface area contributed by atoms with Crippen LogP contribution in [-0.4, -0.2) is 5.91 Å². The van der Waals surface area contributed by atoms with E-state index in [1.165, 1.54) is 5.56 Å². The van der Waals surface area contributed by atoms with E-state index in [-0.39, 0.29) is 5.91 Å². The van der Waals surface area contributed by atoms with Crippen LogP contribution in [0.5, 0.6) is 0 Å². The Kier molecular flexibility index (Phi) is 5.59. The SMILES string of the molecule is CC(=CC(=O)NCc1ccccc1)NCc1ccccc1. The third kappa shape index (κ3) is 5.53. The van der Waals surface area contributed by atoms with Gasteiger partial charge >= 0.3 is 0 Å². The summed E-state index contributed by atoms with van der Waals surface area (Å²) in [6.07, 6.45) is 1.59. The maximum absolute atomic E-state index is 11.8. The van der Waals surface area contributed by atoms with Gasteiger partial charge in [0.05, 0.1) is 0 Å². The summed E-state index contributed by atoms with van der Waals surface area (Å²) in [5, 5.41) is 6.10. The van der Waals surface area contributed by atoms with Crippen LogP contribution in [0, 0.1) is 0 Å². The zero-order valence-electron chi connectivity index (χ0n) is 12.2. The van der Waals surface area contributed by atoms with Gasteiger partial charge in [0.25, 0.3) is 0 Å². The van der Waals surface area contributed by atoms with Crippen LogP contribution in [0.3, 0.4) is 0 Å². The maximum atomic E-state index is 11.8. The quantitative estimate of drug-likeness (QED) is 0.799. The normalized spacial score (nSPS) is 11.0. The van der Waals surface area contributed by atoms with Gasteiger partial charge in [-0.05, 0) is 18.1 Å². The third-order valence-corrected chi connectivity index (χ3v) is 3.07. The zero-order valence-corrected chi connectivity index (χ0v) is 12.2. The lowest BCUT2D eigenvalue weighted by Crippen LogP contribution is -2.22. The minimum absolute atomic E-state index is 0.0862. The lowest BCUT2D eigenvalue weighted by Gasteiger charge is -2.07. The Hall–Kier alpha value is -2.55. The zero-order chi connectivity index (χ0) is 14.9. The van der Waals surface area contributed by atoms with Crippen LogP contribution >= 0.6 is 0 Å². The van der Waals surface area contributed by atoms with Crippen molar-refractivity contribution in [2.45, 2.75) is 20.0 Å².